The van der Waals surface area contributed by atoms with E-state index in [0.29, 0.717) is 12.2 Å². The van der Waals surface area contributed by atoms with Gasteiger partial charge in [-0.1, -0.05) is 109 Å². The Kier molecular flexibility index (Phi) is 11.5. The molecule has 7 nitrogen and oxygen atoms in total. The summed E-state index contributed by atoms with van der Waals surface area (Å²) in [7, 11) is -4.13. The minimum atomic E-state index is -4.13. The molecule has 0 aliphatic carbocycles. The van der Waals surface area contributed by atoms with Crippen LogP contribution in [0.25, 0.3) is 0 Å². The molecule has 2 amide bonds. The Bertz CT molecular complexity index is 1650. The summed E-state index contributed by atoms with van der Waals surface area (Å²) in [5, 5.41) is 3.02. The summed E-state index contributed by atoms with van der Waals surface area (Å²) in [6, 6.07) is 30.2. The highest BCUT2D eigenvalue weighted by atomic mass is 32.2. The van der Waals surface area contributed by atoms with E-state index in [9.17, 15) is 18.0 Å². The van der Waals surface area contributed by atoms with Crippen molar-refractivity contribution < 1.29 is 18.0 Å². The second-order valence-corrected chi connectivity index (χ2v) is 13.4. The summed E-state index contributed by atoms with van der Waals surface area (Å²) in [5.74, 6) is -0.741. The normalized spacial score (nSPS) is 11.9. The number of anilines is 1. The zero-order valence-corrected chi connectivity index (χ0v) is 27.4. The van der Waals surface area contributed by atoms with Crippen molar-refractivity contribution in [1.82, 2.24) is 10.2 Å². The van der Waals surface area contributed by atoms with Gasteiger partial charge in [-0.05, 0) is 62.6 Å². The summed E-state index contributed by atoms with van der Waals surface area (Å²) in [4.78, 5) is 29.9. The summed E-state index contributed by atoms with van der Waals surface area (Å²) in [6.07, 6.45) is 2.01. The lowest BCUT2D eigenvalue weighted by Gasteiger charge is -2.34. The third-order valence-electron chi connectivity index (χ3n) is 7.78. The molecule has 0 fully saturated rings. The number of nitrogens with zero attached hydrogens (tertiary/aromatic N) is 2. The third kappa shape index (κ3) is 9.05. The van der Waals surface area contributed by atoms with Gasteiger partial charge in [-0.15, -0.1) is 0 Å². The molecule has 236 valence electrons. The molecule has 8 heteroatoms. The van der Waals surface area contributed by atoms with Crippen molar-refractivity contribution in [3.63, 3.8) is 0 Å². The maximum absolute atomic E-state index is 14.5. The highest BCUT2D eigenvalue weighted by molar-refractivity contribution is 7.92. The number of carbonyl (C=O) groups excluding carboxylic acids is 2. The van der Waals surface area contributed by atoms with Gasteiger partial charge in [0.2, 0.25) is 11.8 Å². The van der Waals surface area contributed by atoms with Crippen LogP contribution in [0.3, 0.4) is 0 Å². The molecule has 4 aromatic carbocycles. The van der Waals surface area contributed by atoms with Crippen LogP contribution in [0.5, 0.6) is 0 Å². The first kappa shape index (κ1) is 33.5. The Hall–Kier alpha value is -4.43. The van der Waals surface area contributed by atoms with Gasteiger partial charge in [0.15, 0.2) is 0 Å². The topological polar surface area (TPSA) is 86.8 Å². The van der Waals surface area contributed by atoms with Gasteiger partial charge < -0.3 is 10.2 Å². The van der Waals surface area contributed by atoms with Crippen LogP contribution >= 0.6 is 0 Å². The van der Waals surface area contributed by atoms with Gasteiger partial charge in [0.1, 0.15) is 12.6 Å². The first-order valence-electron chi connectivity index (χ1n) is 15.4. The Morgan fingerprint density at radius 1 is 0.733 bits per heavy atom. The van der Waals surface area contributed by atoms with Gasteiger partial charge in [-0.2, -0.15) is 0 Å². The fraction of sp³-hybridized carbons (Fsp3) is 0.297. The number of hydrogen-bond donors (Lipinski definition) is 1. The van der Waals surface area contributed by atoms with E-state index in [1.165, 1.54) is 4.90 Å². The second kappa shape index (κ2) is 15.5. The van der Waals surface area contributed by atoms with Crippen LogP contribution in [-0.4, -0.2) is 44.3 Å². The van der Waals surface area contributed by atoms with E-state index in [1.807, 2.05) is 87.5 Å². The van der Waals surface area contributed by atoms with Crippen molar-refractivity contribution in [3.8, 4) is 0 Å². The Morgan fingerprint density at radius 2 is 1.29 bits per heavy atom. The molecule has 1 N–H and O–H groups in total. The molecule has 0 radical (unpaired) electrons. The van der Waals surface area contributed by atoms with Gasteiger partial charge in [0, 0.05) is 19.5 Å². The minimum absolute atomic E-state index is 0.0877. The van der Waals surface area contributed by atoms with Gasteiger partial charge in [0.25, 0.3) is 10.0 Å². The van der Waals surface area contributed by atoms with Crippen molar-refractivity contribution in [3.05, 3.63) is 131 Å². The highest BCUT2D eigenvalue weighted by Gasteiger charge is 2.34. The van der Waals surface area contributed by atoms with E-state index in [1.54, 1.807) is 36.4 Å². The Morgan fingerprint density at radius 3 is 1.87 bits per heavy atom. The number of nitrogens with one attached hydrogen (secondary N) is 1. The van der Waals surface area contributed by atoms with E-state index >= 15 is 0 Å². The predicted octanol–water partition coefficient (Wildman–Crippen LogP) is 6.36. The molecule has 0 saturated carbocycles. The predicted molar refractivity (Wildman–Crippen MR) is 180 cm³/mol. The molecule has 4 aromatic rings. The number of aryl methyl sites for hydroxylation is 3. The quantitative estimate of drug-likeness (QED) is 0.165. The van der Waals surface area contributed by atoms with E-state index in [2.05, 4.69) is 12.2 Å². The first-order chi connectivity index (χ1) is 21.6. The van der Waals surface area contributed by atoms with Crippen LogP contribution in [0.15, 0.2) is 108 Å². The fourth-order valence-electron chi connectivity index (χ4n) is 5.03. The average Bonchev–Trinajstić information content (AvgIpc) is 3.03. The van der Waals surface area contributed by atoms with E-state index in [-0.39, 0.29) is 23.8 Å². The number of benzene rings is 4. The minimum Gasteiger partial charge on any atom is -0.354 e. The van der Waals surface area contributed by atoms with Gasteiger partial charge in [0.05, 0.1) is 10.6 Å². The monoisotopic (exact) mass is 625 g/mol. The Labute approximate surface area is 268 Å². The zero-order valence-electron chi connectivity index (χ0n) is 26.6. The maximum Gasteiger partial charge on any atom is 0.264 e. The summed E-state index contributed by atoms with van der Waals surface area (Å²) >= 11 is 0. The Balaban J connectivity index is 1.78. The molecule has 0 aliphatic rings. The van der Waals surface area contributed by atoms with Crippen molar-refractivity contribution >= 4 is 27.5 Å². The molecule has 0 bridgehead atoms. The summed E-state index contributed by atoms with van der Waals surface area (Å²) < 4.78 is 29.4. The lowest BCUT2D eigenvalue weighted by Crippen LogP contribution is -2.53. The summed E-state index contributed by atoms with van der Waals surface area (Å²) in [5.41, 5.74) is 5.08. The molecule has 0 heterocycles. The molecule has 1 unspecified atom stereocenters. The molecule has 0 aromatic heterocycles. The fourth-order valence-corrected chi connectivity index (χ4v) is 6.44. The standard InChI is InChI=1S/C37H43N3O4S/c1-5-6-24-38-37(42)35(25-31-10-8-7-9-11-31)39(26-32-18-12-28(2)13-19-32)36(41)27-40(33-20-14-29(3)15-21-33)45(43,44)34-22-16-30(4)17-23-34/h7-23,35H,5-6,24-27H2,1-4H3,(H,38,42). The molecule has 4 rings (SSSR count). The molecule has 0 aliphatic heterocycles. The van der Waals surface area contributed by atoms with Crippen molar-refractivity contribution in [2.45, 2.75) is 64.4 Å². The molecular weight excluding hydrogens is 582 g/mol. The molecule has 0 spiro atoms. The molecule has 1 atom stereocenters. The second-order valence-electron chi connectivity index (χ2n) is 11.5. The van der Waals surface area contributed by atoms with Crippen LogP contribution in [0, 0.1) is 20.8 Å². The van der Waals surface area contributed by atoms with Gasteiger partial charge in [-0.25, -0.2) is 8.42 Å². The van der Waals surface area contributed by atoms with Gasteiger partial charge in [-0.3, -0.25) is 13.9 Å². The van der Waals surface area contributed by atoms with Crippen LogP contribution < -0.4 is 9.62 Å². The van der Waals surface area contributed by atoms with E-state index < -0.39 is 28.5 Å². The third-order valence-corrected chi connectivity index (χ3v) is 9.57. The molecule has 0 saturated heterocycles. The summed E-state index contributed by atoms with van der Waals surface area (Å²) in [6.45, 7) is 8.01. The smallest absolute Gasteiger partial charge is 0.264 e. The van der Waals surface area contributed by atoms with Crippen LogP contribution in [0.4, 0.5) is 5.69 Å². The molecular formula is C37H43N3O4S. The number of sulfonamides is 1. The van der Waals surface area contributed by atoms with Crippen molar-refractivity contribution in [2.24, 2.45) is 0 Å². The van der Waals surface area contributed by atoms with Gasteiger partial charge >= 0.3 is 0 Å². The van der Waals surface area contributed by atoms with Crippen LogP contribution in [0.2, 0.25) is 0 Å². The number of rotatable bonds is 14. The number of amides is 2. The van der Waals surface area contributed by atoms with Crippen molar-refractivity contribution in [1.29, 1.82) is 0 Å². The number of carbonyl (C=O) groups is 2. The largest absolute Gasteiger partial charge is 0.354 e. The highest BCUT2D eigenvalue weighted by Crippen LogP contribution is 2.26. The van der Waals surface area contributed by atoms with Crippen LogP contribution in [0.1, 0.15) is 47.6 Å². The number of unbranched alkanes of at least 4 members (excludes halogenated alkanes) is 1. The zero-order chi connectivity index (χ0) is 32.4. The lowest BCUT2D eigenvalue weighted by molar-refractivity contribution is -0.140. The molecule has 45 heavy (non-hydrogen) atoms. The average molecular weight is 626 g/mol. The van der Waals surface area contributed by atoms with E-state index in [0.717, 1.165) is 45.0 Å². The van der Waals surface area contributed by atoms with E-state index in [4.69, 9.17) is 0 Å². The SMILES string of the molecule is CCCCNC(=O)C(Cc1ccccc1)N(Cc1ccc(C)cc1)C(=O)CN(c1ccc(C)cc1)S(=O)(=O)c1ccc(C)cc1. The lowest BCUT2D eigenvalue weighted by atomic mass is 10.0. The first-order valence-corrected chi connectivity index (χ1v) is 16.8. The van der Waals surface area contributed by atoms with Crippen molar-refractivity contribution in [2.75, 3.05) is 17.4 Å². The van der Waals surface area contributed by atoms with Crippen LogP contribution in [-0.2, 0) is 32.6 Å². The number of hydrogen-bond acceptors (Lipinski definition) is 4. The maximum atomic E-state index is 14.5.